The lowest BCUT2D eigenvalue weighted by Gasteiger charge is -2.35. The summed E-state index contributed by atoms with van der Waals surface area (Å²) < 4.78 is 31.7. The van der Waals surface area contributed by atoms with Crippen molar-refractivity contribution in [2.75, 3.05) is 26.2 Å². The zero-order chi connectivity index (χ0) is 13.9. The molecule has 0 aromatic heterocycles. The van der Waals surface area contributed by atoms with Gasteiger partial charge in [0.1, 0.15) is 0 Å². The molecule has 2 aliphatic rings. The van der Waals surface area contributed by atoms with Gasteiger partial charge in [-0.15, -0.1) is 0 Å². The molecular formula is C15H20F2N2O. The number of hydrogen-bond donors (Lipinski definition) is 1. The largest absolute Gasteiger partial charge is 0.374 e. The Morgan fingerprint density at radius 2 is 2.20 bits per heavy atom. The number of nitrogens with zero attached hydrogens (tertiary/aromatic N) is 1. The lowest BCUT2D eigenvalue weighted by molar-refractivity contribution is -0.0470. The summed E-state index contributed by atoms with van der Waals surface area (Å²) in [6.07, 6.45) is 2.70. The van der Waals surface area contributed by atoms with Crippen LogP contribution < -0.4 is 5.32 Å². The van der Waals surface area contributed by atoms with E-state index in [0.717, 1.165) is 31.3 Å². The van der Waals surface area contributed by atoms with Crippen molar-refractivity contribution in [1.29, 1.82) is 0 Å². The first kappa shape index (κ1) is 13.9. The minimum Gasteiger partial charge on any atom is -0.374 e. The van der Waals surface area contributed by atoms with E-state index in [2.05, 4.69) is 10.2 Å². The fraction of sp³-hybridized carbons (Fsp3) is 0.600. The van der Waals surface area contributed by atoms with Gasteiger partial charge in [-0.05, 0) is 37.1 Å². The van der Waals surface area contributed by atoms with Gasteiger partial charge < -0.3 is 10.1 Å². The molecule has 0 radical (unpaired) electrons. The summed E-state index contributed by atoms with van der Waals surface area (Å²) in [4.78, 5) is 2.49. The fourth-order valence-electron chi connectivity index (χ4n) is 3.04. The Bertz CT molecular complexity index is 469. The van der Waals surface area contributed by atoms with Crippen LogP contribution in [0.5, 0.6) is 0 Å². The smallest absolute Gasteiger partial charge is 0.159 e. The van der Waals surface area contributed by atoms with E-state index in [4.69, 9.17) is 4.74 Å². The zero-order valence-electron chi connectivity index (χ0n) is 11.4. The first-order valence-electron chi connectivity index (χ1n) is 7.22. The predicted octanol–water partition coefficient (Wildman–Crippen LogP) is 1.92. The lowest BCUT2D eigenvalue weighted by Crippen LogP contribution is -2.49. The molecule has 2 aliphatic heterocycles. The van der Waals surface area contributed by atoms with Crippen molar-refractivity contribution in [3.8, 4) is 0 Å². The lowest BCUT2D eigenvalue weighted by atomic mass is 10.2. The van der Waals surface area contributed by atoms with Crippen molar-refractivity contribution in [1.82, 2.24) is 10.2 Å². The van der Waals surface area contributed by atoms with Gasteiger partial charge in [-0.2, -0.15) is 0 Å². The Kier molecular flexibility index (Phi) is 4.29. The third-order valence-electron chi connectivity index (χ3n) is 4.15. The summed E-state index contributed by atoms with van der Waals surface area (Å²) in [6, 6.07) is 4.61. The van der Waals surface area contributed by atoms with Crippen molar-refractivity contribution in [2.45, 2.75) is 31.5 Å². The molecule has 2 heterocycles. The van der Waals surface area contributed by atoms with E-state index in [1.54, 1.807) is 6.07 Å². The van der Waals surface area contributed by atoms with E-state index in [0.29, 0.717) is 12.6 Å². The van der Waals surface area contributed by atoms with Crippen LogP contribution in [0.15, 0.2) is 18.2 Å². The van der Waals surface area contributed by atoms with Crippen molar-refractivity contribution >= 4 is 0 Å². The summed E-state index contributed by atoms with van der Waals surface area (Å²) >= 11 is 0. The van der Waals surface area contributed by atoms with Crippen LogP contribution in [0, 0.1) is 11.6 Å². The molecule has 1 aromatic rings. The summed E-state index contributed by atoms with van der Waals surface area (Å²) in [6.45, 7) is 4.23. The monoisotopic (exact) mass is 282 g/mol. The first-order chi connectivity index (χ1) is 9.72. The highest BCUT2D eigenvalue weighted by molar-refractivity contribution is 5.17. The number of rotatable bonds is 4. The molecule has 0 spiro atoms. The molecular weight excluding hydrogens is 262 g/mol. The van der Waals surface area contributed by atoms with Gasteiger partial charge in [0.05, 0.1) is 12.7 Å². The molecule has 2 atom stereocenters. The van der Waals surface area contributed by atoms with Crippen LogP contribution in [0.3, 0.4) is 0 Å². The molecule has 2 saturated heterocycles. The van der Waals surface area contributed by atoms with E-state index < -0.39 is 11.6 Å². The maximum Gasteiger partial charge on any atom is 0.159 e. The van der Waals surface area contributed by atoms with E-state index in [1.165, 1.54) is 25.5 Å². The topological polar surface area (TPSA) is 24.5 Å². The molecule has 3 rings (SSSR count). The molecule has 0 saturated carbocycles. The standard InChI is InChI=1S/C15H20F2N2O/c16-14-4-3-11(6-15(14)17)7-18-8-13-9-19-5-1-2-12(19)10-20-13/h3-4,6,12-13,18H,1-2,5,7-10H2. The summed E-state index contributed by atoms with van der Waals surface area (Å²) in [5, 5.41) is 3.26. The van der Waals surface area contributed by atoms with Crippen molar-refractivity contribution in [2.24, 2.45) is 0 Å². The van der Waals surface area contributed by atoms with E-state index >= 15 is 0 Å². The fourth-order valence-corrected chi connectivity index (χ4v) is 3.04. The molecule has 5 heteroatoms. The number of ether oxygens (including phenoxy) is 1. The Morgan fingerprint density at radius 3 is 3.05 bits per heavy atom. The van der Waals surface area contributed by atoms with Gasteiger partial charge in [-0.25, -0.2) is 8.78 Å². The van der Waals surface area contributed by atoms with Gasteiger partial charge in [0.25, 0.3) is 0 Å². The highest BCUT2D eigenvalue weighted by atomic mass is 19.2. The summed E-state index contributed by atoms with van der Waals surface area (Å²) in [5.74, 6) is -1.59. The van der Waals surface area contributed by atoms with Crippen LogP contribution in [0.1, 0.15) is 18.4 Å². The molecule has 20 heavy (non-hydrogen) atoms. The summed E-state index contributed by atoms with van der Waals surface area (Å²) in [7, 11) is 0. The van der Waals surface area contributed by atoms with Crippen molar-refractivity contribution < 1.29 is 13.5 Å². The SMILES string of the molecule is Fc1ccc(CNCC2CN3CCCC3CO2)cc1F. The van der Waals surface area contributed by atoms with E-state index in [1.807, 2.05) is 0 Å². The minimum atomic E-state index is -0.801. The second-order valence-electron chi connectivity index (χ2n) is 5.63. The molecule has 110 valence electrons. The molecule has 1 N–H and O–H groups in total. The third kappa shape index (κ3) is 3.16. The number of nitrogens with one attached hydrogen (secondary N) is 1. The first-order valence-corrected chi connectivity index (χ1v) is 7.22. The molecule has 1 aromatic carbocycles. The normalized spacial score (nSPS) is 26.7. The predicted molar refractivity (Wildman–Crippen MR) is 72.4 cm³/mol. The quantitative estimate of drug-likeness (QED) is 0.913. The van der Waals surface area contributed by atoms with Crippen LogP contribution in [-0.2, 0) is 11.3 Å². The third-order valence-corrected chi connectivity index (χ3v) is 4.15. The molecule has 0 bridgehead atoms. The average Bonchev–Trinajstić information content (AvgIpc) is 2.90. The Labute approximate surface area is 117 Å². The zero-order valence-corrected chi connectivity index (χ0v) is 11.4. The molecule has 2 fully saturated rings. The van der Waals surface area contributed by atoms with Gasteiger partial charge in [0, 0.05) is 25.7 Å². The van der Waals surface area contributed by atoms with Gasteiger partial charge in [0.2, 0.25) is 0 Å². The maximum atomic E-state index is 13.1. The second kappa shape index (κ2) is 6.16. The molecule has 0 aliphatic carbocycles. The van der Waals surface area contributed by atoms with Crippen LogP contribution >= 0.6 is 0 Å². The van der Waals surface area contributed by atoms with Crippen LogP contribution in [-0.4, -0.2) is 43.3 Å². The molecule has 2 unspecified atom stereocenters. The van der Waals surface area contributed by atoms with Crippen LogP contribution in [0.25, 0.3) is 0 Å². The Balaban J connectivity index is 1.44. The minimum absolute atomic E-state index is 0.189. The van der Waals surface area contributed by atoms with Crippen molar-refractivity contribution in [3.05, 3.63) is 35.4 Å². The van der Waals surface area contributed by atoms with Crippen LogP contribution in [0.4, 0.5) is 8.78 Å². The molecule has 3 nitrogen and oxygen atoms in total. The maximum absolute atomic E-state index is 13.1. The highest BCUT2D eigenvalue weighted by Gasteiger charge is 2.31. The van der Waals surface area contributed by atoms with Gasteiger partial charge in [-0.1, -0.05) is 6.07 Å². The highest BCUT2D eigenvalue weighted by Crippen LogP contribution is 2.22. The number of hydrogen-bond acceptors (Lipinski definition) is 3. The number of halogens is 2. The van der Waals surface area contributed by atoms with Crippen LogP contribution in [0.2, 0.25) is 0 Å². The van der Waals surface area contributed by atoms with Gasteiger partial charge >= 0.3 is 0 Å². The number of fused-ring (bicyclic) bond motifs is 1. The summed E-state index contributed by atoms with van der Waals surface area (Å²) in [5.41, 5.74) is 0.749. The number of morpholine rings is 1. The van der Waals surface area contributed by atoms with E-state index in [-0.39, 0.29) is 6.10 Å². The van der Waals surface area contributed by atoms with Gasteiger partial charge in [-0.3, -0.25) is 4.90 Å². The number of benzene rings is 1. The average molecular weight is 282 g/mol. The van der Waals surface area contributed by atoms with Crippen molar-refractivity contribution in [3.63, 3.8) is 0 Å². The second-order valence-corrected chi connectivity index (χ2v) is 5.63. The van der Waals surface area contributed by atoms with Gasteiger partial charge in [0.15, 0.2) is 11.6 Å². The molecule has 0 amide bonds. The Hall–Kier alpha value is -1.04. The van der Waals surface area contributed by atoms with E-state index in [9.17, 15) is 8.78 Å². The Morgan fingerprint density at radius 1 is 1.30 bits per heavy atom.